The Bertz CT molecular complexity index is 894. The molecule has 0 bridgehead atoms. The maximum Gasteiger partial charge on any atom is 0.331 e. The zero-order valence-corrected chi connectivity index (χ0v) is 16.9. The summed E-state index contributed by atoms with van der Waals surface area (Å²) in [5.41, 5.74) is 2.15. The third-order valence-corrected chi connectivity index (χ3v) is 4.17. The molecule has 2 aromatic carbocycles. The van der Waals surface area contributed by atoms with Gasteiger partial charge in [-0.15, -0.1) is 0 Å². The first-order chi connectivity index (χ1) is 13.3. The fourth-order valence-electron chi connectivity index (χ4n) is 2.35. The molecule has 0 aromatic heterocycles. The largest absolute Gasteiger partial charge is 0.493 e. The zero-order chi connectivity index (χ0) is 20.7. The number of nitrogens with one attached hydrogen (secondary N) is 1. The SMILES string of the molecule is COc1ccc(C=CC(=O)OC(C)C(=O)Nc2cc(Cl)ccc2C)cc1OC. The Balaban J connectivity index is 1.97. The number of ether oxygens (including phenoxy) is 3. The van der Waals surface area contributed by atoms with E-state index in [0.717, 1.165) is 11.1 Å². The average Bonchev–Trinajstić information content (AvgIpc) is 2.68. The molecule has 0 aliphatic carbocycles. The van der Waals surface area contributed by atoms with Crippen LogP contribution in [0.15, 0.2) is 42.5 Å². The van der Waals surface area contributed by atoms with Crippen LogP contribution >= 0.6 is 11.6 Å². The highest BCUT2D eigenvalue weighted by atomic mass is 35.5. The Kier molecular flexibility index (Phi) is 7.46. The normalized spacial score (nSPS) is 11.8. The first kappa shape index (κ1) is 21.3. The highest BCUT2D eigenvalue weighted by Crippen LogP contribution is 2.28. The van der Waals surface area contributed by atoms with Crippen molar-refractivity contribution in [1.29, 1.82) is 0 Å². The molecule has 6 nitrogen and oxygen atoms in total. The van der Waals surface area contributed by atoms with Gasteiger partial charge in [-0.25, -0.2) is 4.79 Å². The van der Waals surface area contributed by atoms with E-state index in [-0.39, 0.29) is 0 Å². The van der Waals surface area contributed by atoms with Gasteiger partial charge in [0, 0.05) is 16.8 Å². The number of aryl methyl sites for hydroxylation is 1. The lowest BCUT2D eigenvalue weighted by Crippen LogP contribution is -2.29. The fourth-order valence-corrected chi connectivity index (χ4v) is 2.52. The molecule has 1 atom stereocenters. The van der Waals surface area contributed by atoms with Crippen molar-refractivity contribution < 1.29 is 23.8 Å². The molecule has 1 amide bonds. The molecule has 0 radical (unpaired) electrons. The molecule has 2 aromatic rings. The van der Waals surface area contributed by atoms with Crippen LogP contribution in [0.2, 0.25) is 5.02 Å². The van der Waals surface area contributed by atoms with Crippen LogP contribution in [0.25, 0.3) is 6.08 Å². The molecule has 0 spiro atoms. The van der Waals surface area contributed by atoms with Crippen molar-refractivity contribution in [2.24, 2.45) is 0 Å². The zero-order valence-electron chi connectivity index (χ0n) is 16.1. The van der Waals surface area contributed by atoms with Crippen LogP contribution in [0.1, 0.15) is 18.1 Å². The number of carbonyl (C=O) groups excluding carboxylic acids is 2. The van der Waals surface area contributed by atoms with E-state index >= 15 is 0 Å². The number of esters is 1. The number of hydrogen-bond donors (Lipinski definition) is 1. The van der Waals surface area contributed by atoms with Crippen LogP contribution in [0.4, 0.5) is 5.69 Å². The molecule has 28 heavy (non-hydrogen) atoms. The van der Waals surface area contributed by atoms with Gasteiger partial charge in [-0.2, -0.15) is 0 Å². The summed E-state index contributed by atoms with van der Waals surface area (Å²) in [5.74, 6) is 0.0463. The van der Waals surface area contributed by atoms with Crippen molar-refractivity contribution in [3.8, 4) is 11.5 Å². The van der Waals surface area contributed by atoms with Crippen LogP contribution < -0.4 is 14.8 Å². The number of benzene rings is 2. The van der Waals surface area contributed by atoms with Gasteiger partial charge in [0.2, 0.25) is 0 Å². The third-order valence-electron chi connectivity index (χ3n) is 3.94. The molecule has 0 saturated carbocycles. The minimum Gasteiger partial charge on any atom is -0.493 e. The smallest absolute Gasteiger partial charge is 0.331 e. The number of hydrogen-bond acceptors (Lipinski definition) is 5. The Morgan fingerprint density at radius 2 is 1.79 bits per heavy atom. The number of methoxy groups -OCH3 is 2. The lowest BCUT2D eigenvalue weighted by Gasteiger charge is -2.14. The van der Waals surface area contributed by atoms with Crippen LogP contribution in [0.3, 0.4) is 0 Å². The lowest BCUT2D eigenvalue weighted by molar-refractivity contribution is -0.148. The van der Waals surface area contributed by atoms with E-state index in [2.05, 4.69) is 5.32 Å². The van der Waals surface area contributed by atoms with Gasteiger partial charge in [0.1, 0.15) is 0 Å². The van der Waals surface area contributed by atoms with Crippen molar-refractivity contribution in [3.05, 3.63) is 58.6 Å². The summed E-state index contributed by atoms with van der Waals surface area (Å²) in [5, 5.41) is 3.21. The molecule has 2 rings (SSSR count). The van der Waals surface area contributed by atoms with Crippen molar-refractivity contribution in [1.82, 2.24) is 0 Å². The first-order valence-electron chi connectivity index (χ1n) is 8.51. The predicted octanol–water partition coefficient (Wildman–Crippen LogP) is 4.25. The van der Waals surface area contributed by atoms with Crippen LogP contribution in [0, 0.1) is 6.92 Å². The highest BCUT2D eigenvalue weighted by Gasteiger charge is 2.17. The molecular weight excluding hydrogens is 382 g/mol. The molecule has 0 aliphatic rings. The molecule has 0 fully saturated rings. The Morgan fingerprint density at radius 3 is 2.46 bits per heavy atom. The summed E-state index contributed by atoms with van der Waals surface area (Å²) in [6.45, 7) is 3.34. The van der Waals surface area contributed by atoms with Gasteiger partial charge in [0.25, 0.3) is 5.91 Å². The second kappa shape index (κ2) is 9.80. The number of carbonyl (C=O) groups is 2. The lowest BCUT2D eigenvalue weighted by atomic mass is 10.2. The fraction of sp³-hybridized carbons (Fsp3) is 0.238. The molecule has 0 aliphatic heterocycles. The highest BCUT2D eigenvalue weighted by molar-refractivity contribution is 6.31. The van der Waals surface area contributed by atoms with Gasteiger partial charge in [-0.1, -0.05) is 23.7 Å². The van der Waals surface area contributed by atoms with Crippen molar-refractivity contribution >= 4 is 35.2 Å². The van der Waals surface area contributed by atoms with E-state index in [1.54, 1.807) is 49.6 Å². The standard InChI is InChI=1S/C21H22ClNO5/c1-13-5-8-16(22)12-17(13)23-21(25)14(2)28-20(24)10-7-15-6-9-18(26-3)19(11-15)27-4/h5-12,14H,1-4H3,(H,23,25). The van der Waals surface area contributed by atoms with E-state index in [1.165, 1.54) is 20.1 Å². The Labute approximate surface area is 169 Å². The quantitative estimate of drug-likeness (QED) is 0.552. The van der Waals surface area contributed by atoms with Crippen LogP contribution in [0.5, 0.6) is 11.5 Å². The molecule has 0 saturated heterocycles. The molecule has 148 valence electrons. The van der Waals surface area contributed by atoms with E-state index in [9.17, 15) is 9.59 Å². The number of halogens is 1. The summed E-state index contributed by atoms with van der Waals surface area (Å²) in [7, 11) is 3.07. The molecule has 7 heteroatoms. The number of anilines is 1. The van der Waals surface area contributed by atoms with Crippen molar-refractivity contribution in [3.63, 3.8) is 0 Å². The van der Waals surface area contributed by atoms with Gasteiger partial charge in [0.05, 0.1) is 14.2 Å². The van der Waals surface area contributed by atoms with E-state index in [1.807, 2.05) is 6.92 Å². The minimum absolute atomic E-state index is 0.446. The number of amides is 1. The van der Waals surface area contributed by atoms with Crippen LogP contribution in [-0.2, 0) is 14.3 Å². The van der Waals surface area contributed by atoms with Crippen molar-refractivity contribution in [2.45, 2.75) is 20.0 Å². The second-order valence-electron chi connectivity index (χ2n) is 5.98. The Morgan fingerprint density at radius 1 is 1.07 bits per heavy atom. The van der Waals surface area contributed by atoms with E-state index < -0.39 is 18.0 Å². The van der Waals surface area contributed by atoms with Crippen molar-refractivity contribution in [2.75, 3.05) is 19.5 Å². The van der Waals surface area contributed by atoms with E-state index in [0.29, 0.717) is 22.2 Å². The maximum absolute atomic E-state index is 12.3. The van der Waals surface area contributed by atoms with Crippen LogP contribution in [-0.4, -0.2) is 32.2 Å². The third kappa shape index (κ3) is 5.76. The average molecular weight is 404 g/mol. The van der Waals surface area contributed by atoms with Gasteiger partial charge < -0.3 is 19.5 Å². The summed E-state index contributed by atoms with van der Waals surface area (Å²) in [6.07, 6.45) is 1.84. The van der Waals surface area contributed by atoms with Gasteiger partial charge in [-0.3, -0.25) is 4.79 Å². The predicted molar refractivity (Wildman–Crippen MR) is 109 cm³/mol. The molecular formula is C21H22ClNO5. The van der Waals surface area contributed by atoms with E-state index in [4.69, 9.17) is 25.8 Å². The summed E-state index contributed by atoms with van der Waals surface area (Å²) >= 11 is 5.94. The van der Waals surface area contributed by atoms with Gasteiger partial charge >= 0.3 is 5.97 Å². The summed E-state index contributed by atoms with van der Waals surface area (Å²) in [4.78, 5) is 24.3. The first-order valence-corrected chi connectivity index (χ1v) is 8.89. The second-order valence-corrected chi connectivity index (χ2v) is 6.41. The summed E-state index contributed by atoms with van der Waals surface area (Å²) in [6, 6.07) is 10.4. The maximum atomic E-state index is 12.3. The summed E-state index contributed by atoms with van der Waals surface area (Å²) < 4.78 is 15.5. The minimum atomic E-state index is -0.971. The van der Waals surface area contributed by atoms with Gasteiger partial charge in [-0.05, 0) is 55.3 Å². The Hall–Kier alpha value is -2.99. The molecule has 1 N–H and O–H groups in total. The topological polar surface area (TPSA) is 73.9 Å². The monoisotopic (exact) mass is 403 g/mol. The van der Waals surface area contributed by atoms with Gasteiger partial charge in [0.15, 0.2) is 17.6 Å². The molecule has 0 heterocycles. The molecule has 1 unspecified atom stereocenters. The number of rotatable bonds is 7.